The number of phenolic OH excluding ortho intramolecular Hbond substituents is 1. The first-order valence-electron chi connectivity index (χ1n) is 5.92. The topological polar surface area (TPSA) is 72.6 Å². The van der Waals surface area contributed by atoms with Gasteiger partial charge in [0.1, 0.15) is 17.9 Å². The second kappa shape index (κ2) is 5.19. The van der Waals surface area contributed by atoms with Crippen molar-refractivity contribution in [1.29, 1.82) is 0 Å². The average molecular weight is 235 g/mol. The molecule has 0 unspecified atom stereocenters. The summed E-state index contributed by atoms with van der Waals surface area (Å²) in [6, 6.07) is 5.53. The van der Waals surface area contributed by atoms with E-state index in [0.717, 1.165) is 25.7 Å². The van der Waals surface area contributed by atoms with Crippen LogP contribution >= 0.6 is 0 Å². The molecule has 0 spiro atoms. The zero-order valence-electron chi connectivity index (χ0n) is 9.63. The van der Waals surface area contributed by atoms with Crippen molar-refractivity contribution in [3.63, 3.8) is 0 Å². The maximum Gasteiger partial charge on any atom is 0.327 e. The highest BCUT2D eigenvalue weighted by atomic mass is 16.5. The van der Waals surface area contributed by atoms with Crippen LogP contribution in [0.5, 0.6) is 5.75 Å². The molecule has 1 fully saturated rings. The minimum absolute atomic E-state index is 0.0330. The molecule has 0 saturated heterocycles. The summed E-state index contributed by atoms with van der Waals surface area (Å²) in [5.74, 6) is -0.229. The number of rotatable bonds is 3. The van der Waals surface area contributed by atoms with Gasteiger partial charge in [0.25, 0.3) is 0 Å². The van der Waals surface area contributed by atoms with Crippen molar-refractivity contribution in [2.75, 3.05) is 0 Å². The van der Waals surface area contributed by atoms with Crippen molar-refractivity contribution in [2.24, 2.45) is 5.73 Å². The van der Waals surface area contributed by atoms with E-state index in [0.29, 0.717) is 5.56 Å². The van der Waals surface area contributed by atoms with E-state index in [4.69, 9.17) is 15.6 Å². The van der Waals surface area contributed by atoms with Crippen LogP contribution in [-0.4, -0.2) is 17.2 Å². The van der Waals surface area contributed by atoms with Crippen LogP contribution in [0, 0.1) is 0 Å². The number of benzene rings is 1. The molecule has 0 heterocycles. The summed E-state index contributed by atoms with van der Waals surface area (Å²) in [7, 11) is 0. The van der Waals surface area contributed by atoms with Gasteiger partial charge in [-0.2, -0.15) is 0 Å². The predicted molar refractivity (Wildman–Crippen MR) is 63.4 cm³/mol. The van der Waals surface area contributed by atoms with Crippen molar-refractivity contribution in [3.8, 4) is 5.75 Å². The van der Waals surface area contributed by atoms with Gasteiger partial charge in [-0.15, -0.1) is 0 Å². The smallest absolute Gasteiger partial charge is 0.327 e. The Hall–Kier alpha value is -1.55. The van der Waals surface area contributed by atoms with Gasteiger partial charge in [0.15, 0.2) is 0 Å². The van der Waals surface area contributed by atoms with Crippen LogP contribution in [0.2, 0.25) is 0 Å². The van der Waals surface area contributed by atoms with E-state index in [9.17, 15) is 4.79 Å². The van der Waals surface area contributed by atoms with Gasteiger partial charge < -0.3 is 15.6 Å². The van der Waals surface area contributed by atoms with Crippen molar-refractivity contribution in [2.45, 2.75) is 37.8 Å². The highest BCUT2D eigenvalue weighted by Crippen LogP contribution is 2.23. The lowest BCUT2D eigenvalue weighted by molar-refractivity contribution is -0.150. The molecule has 1 aromatic rings. The number of phenols is 1. The Kier molecular flexibility index (Phi) is 3.64. The van der Waals surface area contributed by atoms with Gasteiger partial charge in [0, 0.05) is 0 Å². The molecule has 1 aliphatic carbocycles. The molecule has 17 heavy (non-hydrogen) atoms. The quantitative estimate of drug-likeness (QED) is 0.784. The normalized spacial score (nSPS) is 17.9. The van der Waals surface area contributed by atoms with Gasteiger partial charge in [0.05, 0.1) is 0 Å². The van der Waals surface area contributed by atoms with E-state index < -0.39 is 6.04 Å². The van der Waals surface area contributed by atoms with Crippen molar-refractivity contribution >= 4 is 5.97 Å². The van der Waals surface area contributed by atoms with Crippen LogP contribution in [0.3, 0.4) is 0 Å². The largest absolute Gasteiger partial charge is 0.508 e. The Morgan fingerprint density at radius 3 is 2.47 bits per heavy atom. The highest BCUT2D eigenvalue weighted by molar-refractivity contribution is 5.77. The van der Waals surface area contributed by atoms with Crippen molar-refractivity contribution in [1.82, 2.24) is 0 Å². The fourth-order valence-electron chi connectivity index (χ4n) is 2.06. The molecule has 4 nitrogen and oxygen atoms in total. The molecule has 0 aliphatic heterocycles. The number of nitrogens with two attached hydrogens (primary N) is 1. The molecule has 0 aromatic heterocycles. The van der Waals surface area contributed by atoms with E-state index in [-0.39, 0.29) is 17.8 Å². The second-order valence-corrected chi connectivity index (χ2v) is 4.41. The summed E-state index contributed by atoms with van der Waals surface area (Å²) in [6.07, 6.45) is 4.14. The standard InChI is InChI=1S/C13H17NO3/c14-12(9-5-7-10(15)8-6-9)13(16)17-11-3-1-2-4-11/h5-8,11-12,15H,1-4,14H2/t12-/m0/s1. The third kappa shape index (κ3) is 2.97. The Morgan fingerprint density at radius 2 is 1.88 bits per heavy atom. The second-order valence-electron chi connectivity index (χ2n) is 4.41. The number of aromatic hydroxyl groups is 1. The zero-order valence-corrected chi connectivity index (χ0v) is 9.63. The molecule has 1 aliphatic rings. The van der Waals surface area contributed by atoms with Crippen molar-refractivity contribution < 1.29 is 14.6 Å². The SMILES string of the molecule is N[C@H](C(=O)OC1CCCC1)c1ccc(O)cc1. The summed E-state index contributed by atoms with van der Waals surface area (Å²) < 4.78 is 5.33. The first-order valence-corrected chi connectivity index (χ1v) is 5.92. The molecule has 92 valence electrons. The zero-order chi connectivity index (χ0) is 12.3. The molecule has 0 bridgehead atoms. The fraction of sp³-hybridized carbons (Fsp3) is 0.462. The molecule has 2 rings (SSSR count). The summed E-state index contributed by atoms with van der Waals surface area (Å²) in [5, 5.41) is 9.15. The predicted octanol–water partition coefficient (Wildman–Crippen LogP) is 1.88. The van der Waals surface area contributed by atoms with Gasteiger partial charge in [-0.05, 0) is 43.4 Å². The van der Waals surface area contributed by atoms with E-state index >= 15 is 0 Å². The highest BCUT2D eigenvalue weighted by Gasteiger charge is 2.23. The Balaban J connectivity index is 1.96. The number of carbonyl (C=O) groups is 1. The van der Waals surface area contributed by atoms with Crippen LogP contribution in [-0.2, 0) is 9.53 Å². The Labute approximate surface area is 100 Å². The molecular formula is C13H17NO3. The first-order chi connectivity index (χ1) is 8.16. The van der Waals surface area contributed by atoms with Crippen LogP contribution in [0.15, 0.2) is 24.3 Å². The number of ether oxygens (including phenoxy) is 1. The molecule has 1 saturated carbocycles. The number of hydrogen-bond donors (Lipinski definition) is 2. The lowest BCUT2D eigenvalue weighted by Crippen LogP contribution is -2.27. The number of carbonyl (C=O) groups excluding carboxylic acids is 1. The average Bonchev–Trinajstić information content (AvgIpc) is 2.82. The van der Waals surface area contributed by atoms with Gasteiger partial charge in [-0.1, -0.05) is 12.1 Å². The summed E-state index contributed by atoms with van der Waals surface area (Å²) >= 11 is 0. The number of esters is 1. The summed E-state index contributed by atoms with van der Waals surface area (Å²) in [5.41, 5.74) is 6.47. The summed E-state index contributed by atoms with van der Waals surface area (Å²) in [6.45, 7) is 0. The number of hydrogen-bond acceptors (Lipinski definition) is 4. The van der Waals surface area contributed by atoms with Crippen LogP contribution in [0.1, 0.15) is 37.3 Å². The molecule has 3 N–H and O–H groups in total. The van der Waals surface area contributed by atoms with Gasteiger partial charge >= 0.3 is 5.97 Å². The minimum Gasteiger partial charge on any atom is -0.508 e. The molecule has 1 atom stereocenters. The molecular weight excluding hydrogens is 218 g/mol. The van der Waals surface area contributed by atoms with Crippen LogP contribution in [0.25, 0.3) is 0 Å². The maximum atomic E-state index is 11.8. The lowest BCUT2D eigenvalue weighted by atomic mass is 10.1. The Bertz CT molecular complexity index is 382. The Morgan fingerprint density at radius 1 is 1.29 bits per heavy atom. The van der Waals surface area contributed by atoms with Gasteiger partial charge in [0.2, 0.25) is 0 Å². The van der Waals surface area contributed by atoms with E-state index in [2.05, 4.69) is 0 Å². The fourth-order valence-corrected chi connectivity index (χ4v) is 2.06. The van der Waals surface area contributed by atoms with Gasteiger partial charge in [-0.3, -0.25) is 0 Å². The van der Waals surface area contributed by atoms with E-state index in [1.54, 1.807) is 12.1 Å². The van der Waals surface area contributed by atoms with Gasteiger partial charge in [-0.25, -0.2) is 4.79 Å². The monoisotopic (exact) mass is 235 g/mol. The van der Waals surface area contributed by atoms with Crippen molar-refractivity contribution in [3.05, 3.63) is 29.8 Å². The molecule has 4 heteroatoms. The maximum absolute atomic E-state index is 11.8. The summed E-state index contributed by atoms with van der Waals surface area (Å²) in [4.78, 5) is 11.8. The first kappa shape index (κ1) is 11.9. The van der Waals surface area contributed by atoms with Crippen LogP contribution < -0.4 is 5.73 Å². The molecule has 0 radical (unpaired) electrons. The lowest BCUT2D eigenvalue weighted by Gasteiger charge is -2.16. The van der Waals surface area contributed by atoms with Crippen LogP contribution in [0.4, 0.5) is 0 Å². The van der Waals surface area contributed by atoms with E-state index in [1.165, 1.54) is 12.1 Å². The molecule has 0 amide bonds. The minimum atomic E-state index is -0.767. The van der Waals surface area contributed by atoms with E-state index in [1.807, 2.05) is 0 Å². The third-order valence-electron chi connectivity index (χ3n) is 3.09. The molecule has 1 aromatic carbocycles. The third-order valence-corrected chi connectivity index (χ3v) is 3.09.